The van der Waals surface area contributed by atoms with Crippen LogP contribution < -0.4 is 5.32 Å². The zero-order valence-electron chi connectivity index (χ0n) is 11.7. The maximum absolute atomic E-state index is 13.6. The van der Waals surface area contributed by atoms with Crippen molar-refractivity contribution in [2.45, 2.75) is 32.7 Å². The van der Waals surface area contributed by atoms with Gasteiger partial charge in [0.25, 0.3) is 0 Å². The molecule has 2 rings (SSSR count). The lowest BCUT2D eigenvalue weighted by molar-refractivity contribution is 0.471. The van der Waals surface area contributed by atoms with Crippen molar-refractivity contribution in [1.82, 2.24) is 15.5 Å². The smallest absolute Gasteiger partial charge is 0.163 e. The number of halogens is 2. The van der Waals surface area contributed by atoms with E-state index in [1.54, 1.807) is 6.07 Å². The summed E-state index contributed by atoms with van der Waals surface area (Å²) >= 11 is 0. The molecule has 0 spiro atoms. The number of nitrogens with one attached hydrogen (secondary N) is 2. The molecule has 0 aliphatic carbocycles. The minimum Gasteiger partial charge on any atom is -0.310 e. The van der Waals surface area contributed by atoms with Gasteiger partial charge in [-0.1, -0.05) is 12.1 Å². The molecule has 108 valence electrons. The number of nitrogens with zero attached hydrogens (tertiary/aromatic N) is 1. The van der Waals surface area contributed by atoms with Gasteiger partial charge in [0.05, 0.1) is 6.20 Å². The number of aromatic nitrogens is 2. The largest absolute Gasteiger partial charge is 0.310 e. The van der Waals surface area contributed by atoms with Crippen LogP contribution in [0.3, 0.4) is 0 Å². The zero-order chi connectivity index (χ0) is 14.5. The molecule has 3 nitrogen and oxygen atoms in total. The molecule has 0 bridgehead atoms. The summed E-state index contributed by atoms with van der Waals surface area (Å²) in [6.45, 7) is 4.56. The highest BCUT2D eigenvalue weighted by Crippen LogP contribution is 2.18. The third-order valence-corrected chi connectivity index (χ3v) is 3.46. The Kier molecular flexibility index (Phi) is 4.84. The van der Waals surface area contributed by atoms with Crippen LogP contribution in [0.1, 0.15) is 36.2 Å². The second kappa shape index (κ2) is 6.61. The minimum atomic E-state index is -0.801. The van der Waals surface area contributed by atoms with Gasteiger partial charge in [0.2, 0.25) is 0 Å². The molecule has 0 aliphatic rings. The molecule has 1 aromatic heterocycles. The van der Waals surface area contributed by atoms with E-state index in [9.17, 15) is 8.78 Å². The summed E-state index contributed by atoms with van der Waals surface area (Å²) in [4.78, 5) is 0. The van der Waals surface area contributed by atoms with E-state index in [4.69, 9.17) is 0 Å². The van der Waals surface area contributed by atoms with Crippen molar-refractivity contribution in [3.63, 3.8) is 0 Å². The Bertz CT molecular complexity index is 566. The van der Waals surface area contributed by atoms with Crippen molar-refractivity contribution in [2.24, 2.45) is 0 Å². The number of aromatic amines is 1. The van der Waals surface area contributed by atoms with Gasteiger partial charge < -0.3 is 5.32 Å². The van der Waals surface area contributed by atoms with Gasteiger partial charge in [-0.3, -0.25) is 5.10 Å². The molecule has 0 saturated heterocycles. The molecule has 0 radical (unpaired) electrons. The topological polar surface area (TPSA) is 40.7 Å². The summed E-state index contributed by atoms with van der Waals surface area (Å²) < 4.78 is 26.8. The number of aryl methyl sites for hydroxylation is 2. The fourth-order valence-electron chi connectivity index (χ4n) is 2.19. The van der Waals surface area contributed by atoms with E-state index in [1.807, 2.05) is 20.0 Å². The molecule has 1 heterocycles. The second-order valence-corrected chi connectivity index (χ2v) is 4.94. The summed E-state index contributed by atoms with van der Waals surface area (Å²) in [6, 6.07) is 4.06. The standard InChI is InChI=1S/C15H19F2N3/c1-10-12(9-19-20-10)5-4-8-18-11(2)13-6-3-7-14(16)15(13)17/h3,6-7,9,11,18H,4-5,8H2,1-2H3,(H,19,20). The predicted octanol–water partition coefficient (Wildman–Crippen LogP) is 3.28. The van der Waals surface area contributed by atoms with Crippen molar-refractivity contribution in [1.29, 1.82) is 0 Å². The Morgan fingerprint density at radius 2 is 2.15 bits per heavy atom. The fourth-order valence-corrected chi connectivity index (χ4v) is 2.19. The minimum absolute atomic E-state index is 0.212. The Labute approximate surface area is 117 Å². The Hall–Kier alpha value is -1.75. The SMILES string of the molecule is Cc1[nH]ncc1CCCNC(C)c1cccc(F)c1F. The number of hydrogen-bond donors (Lipinski definition) is 2. The summed E-state index contributed by atoms with van der Waals surface area (Å²) in [5.41, 5.74) is 2.63. The van der Waals surface area contributed by atoms with Crippen LogP contribution in [0, 0.1) is 18.6 Å². The maximum atomic E-state index is 13.6. The summed E-state index contributed by atoms with van der Waals surface area (Å²) in [5.74, 6) is -1.57. The highest BCUT2D eigenvalue weighted by Gasteiger charge is 2.13. The number of rotatable bonds is 6. The fraction of sp³-hybridized carbons (Fsp3) is 0.400. The molecule has 5 heteroatoms. The van der Waals surface area contributed by atoms with Gasteiger partial charge in [-0.2, -0.15) is 5.10 Å². The number of benzene rings is 1. The Balaban J connectivity index is 1.82. The lowest BCUT2D eigenvalue weighted by Crippen LogP contribution is -2.21. The normalized spacial score (nSPS) is 12.6. The van der Waals surface area contributed by atoms with Crippen molar-refractivity contribution in [2.75, 3.05) is 6.54 Å². The van der Waals surface area contributed by atoms with Crippen molar-refractivity contribution in [3.8, 4) is 0 Å². The van der Waals surface area contributed by atoms with E-state index in [-0.39, 0.29) is 6.04 Å². The second-order valence-electron chi connectivity index (χ2n) is 4.94. The molecule has 1 atom stereocenters. The monoisotopic (exact) mass is 279 g/mol. The Morgan fingerprint density at radius 1 is 1.35 bits per heavy atom. The quantitative estimate of drug-likeness (QED) is 0.797. The van der Waals surface area contributed by atoms with Gasteiger partial charge in [0.1, 0.15) is 0 Å². The lowest BCUT2D eigenvalue weighted by atomic mass is 10.1. The number of H-pyrrole nitrogens is 1. The summed E-state index contributed by atoms with van der Waals surface area (Å²) in [6.07, 6.45) is 3.65. The molecule has 20 heavy (non-hydrogen) atoms. The van der Waals surface area contributed by atoms with Crippen LogP contribution in [-0.4, -0.2) is 16.7 Å². The predicted molar refractivity (Wildman–Crippen MR) is 74.4 cm³/mol. The van der Waals surface area contributed by atoms with Gasteiger partial charge >= 0.3 is 0 Å². The average Bonchev–Trinajstić information content (AvgIpc) is 2.83. The highest BCUT2D eigenvalue weighted by atomic mass is 19.2. The Morgan fingerprint density at radius 3 is 2.85 bits per heavy atom. The highest BCUT2D eigenvalue weighted by molar-refractivity contribution is 5.22. The molecule has 0 aliphatic heterocycles. The van der Waals surface area contributed by atoms with E-state index in [0.29, 0.717) is 5.56 Å². The van der Waals surface area contributed by atoms with E-state index in [1.165, 1.54) is 11.6 Å². The first-order valence-electron chi connectivity index (χ1n) is 6.75. The van der Waals surface area contributed by atoms with Crippen molar-refractivity contribution >= 4 is 0 Å². The van der Waals surface area contributed by atoms with Gasteiger partial charge in [-0.15, -0.1) is 0 Å². The van der Waals surface area contributed by atoms with Crippen LogP contribution in [0.5, 0.6) is 0 Å². The van der Waals surface area contributed by atoms with Gasteiger partial charge in [0, 0.05) is 17.3 Å². The first kappa shape index (κ1) is 14.7. The van der Waals surface area contributed by atoms with E-state index < -0.39 is 11.6 Å². The zero-order valence-corrected chi connectivity index (χ0v) is 11.7. The van der Waals surface area contributed by atoms with Gasteiger partial charge in [0.15, 0.2) is 11.6 Å². The molecule has 0 fully saturated rings. The van der Waals surface area contributed by atoms with Crippen molar-refractivity contribution in [3.05, 3.63) is 52.9 Å². The van der Waals surface area contributed by atoms with Crippen LogP contribution in [0.25, 0.3) is 0 Å². The van der Waals surface area contributed by atoms with E-state index >= 15 is 0 Å². The molecule has 2 N–H and O–H groups in total. The lowest BCUT2D eigenvalue weighted by Gasteiger charge is -2.15. The molecule has 1 unspecified atom stereocenters. The van der Waals surface area contributed by atoms with Crippen LogP contribution in [0.15, 0.2) is 24.4 Å². The first-order chi connectivity index (χ1) is 9.59. The summed E-state index contributed by atoms with van der Waals surface area (Å²) in [7, 11) is 0. The third kappa shape index (κ3) is 3.42. The van der Waals surface area contributed by atoms with Crippen molar-refractivity contribution < 1.29 is 8.78 Å². The van der Waals surface area contributed by atoms with Crippen LogP contribution in [0.4, 0.5) is 8.78 Å². The molecular formula is C15H19F2N3. The molecular weight excluding hydrogens is 260 g/mol. The van der Waals surface area contributed by atoms with Gasteiger partial charge in [-0.25, -0.2) is 8.78 Å². The van der Waals surface area contributed by atoms with Gasteiger partial charge in [-0.05, 0) is 44.9 Å². The third-order valence-electron chi connectivity index (χ3n) is 3.46. The molecule has 0 amide bonds. The molecule has 0 saturated carbocycles. The van der Waals surface area contributed by atoms with E-state index in [0.717, 1.165) is 31.1 Å². The summed E-state index contributed by atoms with van der Waals surface area (Å²) in [5, 5.41) is 10.1. The van der Waals surface area contributed by atoms with Crippen LogP contribution in [-0.2, 0) is 6.42 Å². The maximum Gasteiger partial charge on any atom is 0.163 e. The van der Waals surface area contributed by atoms with Crippen LogP contribution in [0.2, 0.25) is 0 Å². The molecule has 2 aromatic rings. The average molecular weight is 279 g/mol. The first-order valence-corrected chi connectivity index (χ1v) is 6.75. The molecule has 1 aromatic carbocycles. The van der Waals surface area contributed by atoms with E-state index in [2.05, 4.69) is 15.5 Å². The number of hydrogen-bond acceptors (Lipinski definition) is 2. The van der Waals surface area contributed by atoms with Crippen LogP contribution >= 0.6 is 0 Å².